The number of carbonyl (C=O) groups is 4. The standard InChI is InChI=1S/C18H22N2O9S/c1-12(21)19-15(17(23)27-9-5-6-10-28-20(25)26)11-30-18(24)14-7-3-4-8-16(14)29-13(2)22/h3-4,7-8,15H,5-6,9-11H2,1-2H3,(H,19,21)/t15-/m0/s1. The maximum atomic E-state index is 12.5. The lowest BCUT2D eigenvalue weighted by Gasteiger charge is -2.16. The molecule has 0 radical (unpaired) electrons. The number of para-hydroxylation sites is 1. The van der Waals surface area contributed by atoms with Gasteiger partial charge in [-0.1, -0.05) is 23.9 Å². The third kappa shape index (κ3) is 9.87. The fourth-order valence-corrected chi connectivity index (χ4v) is 3.01. The zero-order chi connectivity index (χ0) is 22.5. The summed E-state index contributed by atoms with van der Waals surface area (Å²) in [7, 11) is 0. The molecule has 1 rings (SSSR count). The smallest absolute Gasteiger partial charge is 0.329 e. The van der Waals surface area contributed by atoms with Crippen molar-refractivity contribution in [3.63, 3.8) is 0 Å². The molecule has 0 saturated heterocycles. The summed E-state index contributed by atoms with van der Waals surface area (Å²) in [6.07, 6.45) is 0.632. The van der Waals surface area contributed by atoms with E-state index >= 15 is 0 Å². The maximum absolute atomic E-state index is 12.5. The second kappa shape index (κ2) is 13.1. The van der Waals surface area contributed by atoms with Gasteiger partial charge in [0.05, 0.1) is 18.8 Å². The molecular formula is C18H22N2O9S. The molecule has 0 unspecified atom stereocenters. The summed E-state index contributed by atoms with van der Waals surface area (Å²) in [5.74, 6) is -1.81. The van der Waals surface area contributed by atoms with Gasteiger partial charge in [-0.15, -0.1) is 10.1 Å². The number of hydrogen-bond donors (Lipinski definition) is 1. The molecule has 1 aromatic rings. The van der Waals surface area contributed by atoms with E-state index in [4.69, 9.17) is 9.47 Å². The molecule has 164 valence electrons. The highest BCUT2D eigenvalue weighted by Gasteiger charge is 2.24. The number of ether oxygens (including phenoxy) is 2. The number of thioether (sulfide) groups is 1. The van der Waals surface area contributed by atoms with E-state index in [-0.39, 0.29) is 30.3 Å². The lowest BCUT2D eigenvalue weighted by Crippen LogP contribution is -2.43. The monoisotopic (exact) mass is 442 g/mol. The predicted octanol–water partition coefficient (Wildman–Crippen LogP) is 1.52. The van der Waals surface area contributed by atoms with Gasteiger partial charge in [-0.2, -0.15) is 0 Å². The highest BCUT2D eigenvalue weighted by Crippen LogP contribution is 2.24. The molecule has 1 amide bonds. The topological polar surface area (TPSA) is 151 Å². The van der Waals surface area contributed by atoms with Crippen LogP contribution >= 0.6 is 11.8 Å². The Hall–Kier alpha value is -3.15. The molecule has 0 heterocycles. The molecule has 1 aromatic carbocycles. The number of rotatable bonds is 12. The Morgan fingerprint density at radius 2 is 1.80 bits per heavy atom. The Labute approximate surface area is 176 Å². The first-order valence-electron chi connectivity index (χ1n) is 8.86. The van der Waals surface area contributed by atoms with Crippen LogP contribution in [0.1, 0.15) is 37.0 Å². The number of benzene rings is 1. The van der Waals surface area contributed by atoms with Crippen LogP contribution in [0.4, 0.5) is 0 Å². The van der Waals surface area contributed by atoms with Crippen LogP contribution in [-0.2, 0) is 24.0 Å². The van der Waals surface area contributed by atoms with E-state index in [9.17, 15) is 29.3 Å². The first-order chi connectivity index (χ1) is 14.2. The summed E-state index contributed by atoms with van der Waals surface area (Å²) in [5.41, 5.74) is 0.151. The Morgan fingerprint density at radius 1 is 1.13 bits per heavy atom. The van der Waals surface area contributed by atoms with Gasteiger partial charge in [-0.3, -0.25) is 14.4 Å². The van der Waals surface area contributed by atoms with Gasteiger partial charge in [0.2, 0.25) is 11.0 Å². The van der Waals surface area contributed by atoms with Gasteiger partial charge in [0.25, 0.3) is 5.09 Å². The van der Waals surface area contributed by atoms with Gasteiger partial charge in [0.1, 0.15) is 11.8 Å². The zero-order valence-electron chi connectivity index (χ0n) is 16.5. The first-order valence-corrected chi connectivity index (χ1v) is 9.85. The number of nitrogens with zero attached hydrogens (tertiary/aromatic N) is 1. The fraction of sp³-hybridized carbons (Fsp3) is 0.444. The van der Waals surface area contributed by atoms with E-state index in [1.807, 2.05) is 0 Å². The van der Waals surface area contributed by atoms with Crippen molar-refractivity contribution in [3.05, 3.63) is 39.9 Å². The van der Waals surface area contributed by atoms with E-state index < -0.39 is 34.1 Å². The Morgan fingerprint density at radius 3 is 2.43 bits per heavy atom. The van der Waals surface area contributed by atoms with Gasteiger partial charge in [-0.05, 0) is 25.0 Å². The Kier molecular flexibility index (Phi) is 10.9. The molecule has 0 saturated carbocycles. The minimum atomic E-state index is -1.08. The second-order valence-electron chi connectivity index (χ2n) is 5.87. The van der Waals surface area contributed by atoms with E-state index in [1.54, 1.807) is 12.1 Å². The molecule has 0 aliphatic carbocycles. The predicted molar refractivity (Wildman–Crippen MR) is 105 cm³/mol. The highest BCUT2D eigenvalue weighted by molar-refractivity contribution is 8.14. The van der Waals surface area contributed by atoms with Crippen molar-refractivity contribution in [1.82, 2.24) is 5.32 Å². The summed E-state index contributed by atoms with van der Waals surface area (Å²) in [5, 5.41) is 11.1. The Bertz CT molecular complexity index is 785. The number of nitrogens with one attached hydrogen (secondary N) is 1. The number of hydrogen-bond acceptors (Lipinski definition) is 10. The molecule has 0 spiro atoms. The van der Waals surface area contributed by atoms with Gasteiger partial charge in [-0.25, -0.2) is 4.79 Å². The average molecular weight is 442 g/mol. The van der Waals surface area contributed by atoms with E-state index in [0.29, 0.717) is 12.8 Å². The van der Waals surface area contributed by atoms with Crippen LogP contribution in [0.5, 0.6) is 5.75 Å². The molecule has 0 bridgehead atoms. The number of amides is 1. The van der Waals surface area contributed by atoms with Crippen molar-refractivity contribution in [2.45, 2.75) is 32.7 Å². The zero-order valence-corrected chi connectivity index (χ0v) is 17.3. The van der Waals surface area contributed by atoms with E-state index in [2.05, 4.69) is 10.2 Å². The van der Waals surface area contributed by atoms with Crippen molar-refractivity contribution in [1.29, 1.82) is 0 Å². The maximum Gasteiger partial charge on any atom is 0.329 e. The molecular weight excluding hydrogens is 420 g/mol. The molecule has 0 aliphatic rings. The summed E-state index contributed by atoms with van der Waals surface area (Å²) >= 11 is 0.759. The van der Waals surface area contributed by atoms with Crippen molar-refractivity contribution in [3.8, 4) is 5.75 Å². The summed E-state index contributed by atoms with van der Waals surface area (Å²) in [6.45, 7) is 2.29. The number of carbonyl (C=O) groups excluding carboxylic acids is 4. The quantitative estimate of drug-likeness (QED) is 0.166. The van der Waals surface area contributed by atoms with Gasteiger partial charge in [0, 0.05) is 19.6 Å². The summed E-state index contributed by atoms with van der Waals surface area (Å²) < 4.78 is 10.1. The first kappa shape index (κ1) is 24.9. The molecule has 0 fully saturated rings. The minimum absolute atomic E-state index is 0.0239. The molecule has 1 N–H and O–H groups in total. The largest absolute Gasteiger partial charge is 0.464 e. The van der Waals surface area contributed by atoms with Crippen LogP contribution < -0.4 is 10.1 Å². The lowest BCUT2D eigenvalue weighted by atomic mass is 10.2. The van der Waals surface area contributed by atoms with Gasteiger partial charge < -0.3 is 19.6 Å². The van der Waals surface area contributed by atoms with Crippen LogP contribution in [0.15, 0.2) is 24.3 Å². The second-order valence-corrected chi connectivity index (χ2v) is 6.87. The van der Waals surface area contributed by atoms with Gasteiger partial charge >= 0.3 is 11.9 Å². The van der Waals surface area contributed by atoms with Crippen molar-refractivity contribution < 1.29 is 38.6 Å². The molecule has 0 aromatic heterocycles. The summed E-state index contributed by atoms with van der Waals surface area (Å²) in [4.78, 5) is 61.4. The molecule has 1 atom stereocenters. The lowest BCUT2D eigenvalue weighted by molar-refractivity contribution is -0.757. The van der Waals surface area contributed by atoms with Crippen molar-refractivity contribution in [2.75, 3.05) is 19.0 Å². The average Bonchev–Trinajstić information content (AvgIpc) is 2.66. The number of esters is 2. The van der Waals surface area contributed by atoms with E-state index in [1.165, 1.54) is 26.0 Å². The third-order valence-electron chi connectivity index (χ3n) is 3.38. The molecule has 30 heavy (non-hydrogen) atoms. The van der Waals surface area contributed by atoms with Gasteiger partial charge in [0.15, 0.2) is 0 Å². The van der Waals surface area contributed by atoms with E-state index in [0.717, 1.165) is 11.8 Å². The van der Waals surface area contributed by atoms with Crippen LogP contribution in [0.2, 0.25) is 0 Å². The minimum Gasteiger partial charge on any atom is -0.464 e. The Balaban J connectivity index is 2.61. The van der Waals surface area contributed by atoms with Crippen molar-refractivity contribution >= 4 is 34.7 Å². The summed E-state index contributed by atoms with van der Waals surface area (Å²) in [6, 6.07) is 5.08. The molecule has 11 nitrogen and oxygen atoms in total. The SMILES string of the molecule is CC(=O)N[C@@H](CSC(=O)c1ccccc1OC(C)=O)C(=O)OCCCCO[N+](=O)[O-]. The highest BCUT2D eigenvalue weighted by atomic mass is 32.2. The number of unbranched alkanes of at least 4 members (excludes halogenated alkanes) is 1. The van der Waals surface area contributed by atoms with Crippen molar-refractivity contribution in [2.24, 2.45) is 0 Å². The molecule has 0 aliphatic heterocycles. The van der Waals surface area contributed by atoms with Crippen LogP contribution in [0.3, 0.4) is 0 Å². The third-order valence-corrected chi connectivity index (χ3v) is 4.37. The fourth-order valence-electron chi connectivity index (χ4n) is 2.15. The van der Waals surface area contributed by atoms with Crippen LogP contribution in [-0.4, -0.2) is 53.1 Å². The normalized spacial score (nSPS) is 11.1. The molecule has 12 heteroatoms. The van der Waals surface area contributed by atoms with Crippen LogP contribution in [0, 0.1) is 10.1 Å². The van der Waals surface area contributed by atoms with Crippen LogP contribution in [0.25, 0.3) is 0 Å².